The van der Waals surface area contributed by atoms with Gasteiger partial charge in [0.1, 0.15) is 5.69 Å². The van der Waals surface area contributed by atoms with Gasteiger partial charge in [-0.15, -0.1) is 0 Å². The lowest BCUT2D eigenvalue weighted by Gasteiger charge is -2.11. The van der Waals surface area contributed by atoms with Crippen LogP contribution >= 0.6 is 0 Å². The van der Waals surface area contributed by atoms with Crippen molar-refractivity contribution < 1.29 is 23.9 Å². The van der Waals surface area contributed by atoms with Crippen LogP contribution in [0.2, 0.25) is 0 Å². The van der Waals surface area contributed by atoms with Gasteiger partial charge in [0.15, 0.2) is 6.61 Å². The van der Waals surface area contributed by atoms with Crippen LogP contribution in [0.5, 0.6) is 0 Å². The minimum absolute atomic E-state index is 0.133. The predicted molar refractivity (Wildman–Crippen MR) is 106 cm³/mol. The van der Waals surface area contributed by atoms with Crippen LogP contribution in [0.25, 0.3) is 0 Å². The summed E-state index contributed by atoms with van der Waals surface area (Å²) >= 11 is 0. The molecule has 1 aromatic heterocycles. The summed E-state index contributed by atoms with van der Waals surface area (Å²) in [6.45, 7) is 5.25. The lowest BCUT2D eigenvalue weighted by Crippen LogP contribution is -2.29. The van der Waals surface area contributed by atoms with Gasteiger partial charge in [-0.1, -0.05) is 30.3 Å². The number of benzene rings is 1. The third-order valence-electron chi connectivity index (χ3n) is 4.64. The number of aromatic amines is 1. The van der Waals surface area contributed by atoms with Gasteiger partial charge in [-0.3, -0.25) is 4.79 Å². The zero-order valence-electron chi connectivity index (χ0n) is 16.7. The Balaban J connectivity index is 1.63. The molecule has 1 amide bonds. The van der Waals surface area contributed by atoms with E-state index >= 15 is 0 Å². The van der Waals surface area contributed by atoms with Gasteiger partial charge in [-0.05, 0) is 31.9 Å². The standard InChI is InChI=1S/C21H23N3O5/c1-4-28-20(26)18-13(2)19(22-14(18)3)21(27)29-12-17(25)24-11-10-16(23-24)15-8-6-5-7-9-15/h5-9,22H,4,10-12H2,1-3H3. The van der Waals surface area contributed by atoms with Crippen LogP contribution in [0.4, 0.5) is 0 Å². The average Bonchev–Trinajstić information content (AvgIpc) is 3.32. The van der Waals surface area contributed by atoms with Gasteiger partial charge in [0.2, 0.25) is 0 Å². The minimum Gasteiger partial charge on any atom is -0.462 e. The van der Waals surface area contributed by atoms with Gasteiger partial charge < -0.3 is 14.5 Å². The number of hydrogen-bond acceptors (Lipinski definition) is 6. The highest BCUT2D eigenvalue weighted by molar-refractivity contribution is 6.03. The van der Waals surface area contributed by atoms with Crippen LogP contribution in [0, 0.1) is 13.8 Å². The summed E-state index contributed by atoms with van der Waals surface area (Å²) in [7, 11) is 0. The zero-order chi connectivity index (χ0) is 21.0. The number of ether oxygens (including phenoxy) is 2. The lowest BCUT2D eigenvalue weighted by molar-refractivity contribution is -0.134. The summed E-state index contributed by atoms with van der Waals surface area (Å²) in [4.78, 5) is 39.7. The quantitative estimate of drug-likeness (QED) is 0.755. The Labute approximate surface area is 168 Å². The average molecular weight is 397 g/mol. The molecule has 0 atom stereocenters. The Hall–Kier alpha value is -3.42. The normalized spacial score (nSPS) is 13.2. The SMILES string of the molecule is CCOC(=O)c1c(C)[nH]c(C(=O)OCC(=O)N2CCC(c3ccccc3)=N2)c1C. The molecule has 0 radical (unpaired) electrons. The molecule has 1 N–H and O–H groups in total. The summed E-state index contributed by atoms with van der Waals surface area (Å²) in [5.41, 5.74) is 3.17. The Morgan fingerprint density at radius 1 is 1.10 bits per heavy atom. The fourth-order valence-corrected chi connectivity index (χ4v) is 3.21. The maximum absolute atomic E-state index is 12.4. The first-order valence-corrected chi connectivity index (χ1v) is 9.39. The smallest absolute Gasteiger partial charge is 0.355 e. The number of nitrogens with zero attached hydrogens (tertiary/aromatic N) is 2. The Morgan fingerprint density at radius 2 is 1.83 bits per heavy atom. The molecule has 8 nitrogen and oxygen atoms in total. The third-order valence-corrected chi connectivity index (χ3v) is 4.64. The third kappa shape index (κ3) is 4.37. The molecule has 1 aliphatic heterocycles. The van der Waals surface area contributed by atoms with E-state index in [9.17, 15) is 14.4 Å². The molecular formula is C21H23N3O5. The number of amides is 1. The molecule has 8 heteroatoms. The number of nitrogens with one attached hydrogen (secondary N) is 1. The number of carbonyl (C=O) groups excluding carboxylic acids is 3. The number of hydrazone groups is 1. The van der Waals surface area contributed by atoms with Gasteiger partial charge in [0.25, 0.3) is 5.91 Å². The molecule has 0 aliphatic carbocycles. The van der Waals surface area contributed by atoms with Crippen LogP contribution in [-0.2, 0) is 14.3 Å². The number of H-pyrrole nitrogens is 1. The molecule has 0 unspecified atom stereocenters. The molecule has 0 spiro atoms. The van der Waals surface area contributed by atoms with E-state index in [0.717, 1.165) is 11.3 Å². The molecule has 0 saturated carbocycles. The first-order chi connectivity index (χ1) is 13.9. The van der Waals surface area contributed by atoms with E-state index in [1.807, 2.05) is 30.3 Å². The van der Waals surface area contributed by atoms with Gasteiger partial charge in [-0.2, -0.15) is 5.10 Å². The molecule has 29 heavy (non-hydrogen) atoms. The van der Waals surface area contributed by atoms with Crippen molar-refractivity contribution in [3.8, 4) is 0 Å². The summed E-state index contributed by atoms with van der Waals surface area (Å²) in [6, 6.07) is 9.61. The number of rotatable bonds is 6. The van der Waals surface area contributed by atoms with E-state index < -0.39 is 24.5 Å². The molecule has 3 rings (SSSR count). The highest BCUT2D eigenvalue weighted by Gasteiger charge is 2.26. The highest BCUT2D eigenvalue weighted by Crippen LogP contribution is 2.20. The second-order valence-corrected chi connectivity index (χ2v) is 6.60. The maximum atomic E-state index is 12.4. The number of carbonyl (C=O) groups is 3. The first kappa shape index (κ1) is 20.3. The van der Waals surface area contributed by atoms with Crippen LogP contribution in [-0.4, -0.2) is 53.3 Å². The van der Waals surface area contributed by atoms with E-state index in [2.05, 4.69) is 10.1 Å². The van der Waals surface area contributed by atoms with Crippen molar-refractivity contribution in [2.75, 3.05) is 19.8 Å². The van der Waals surface area contributed by atoms with E-state index in [4.69, 9.17) is 9.47 Å². The Morgan fingerprint density at radius 3 is 2.52 bits per heavy atom. The van der Waals surface area contributed by atoms with E-state index in [1.165, 1.54) is 5.01 Å². The molecule has 0 bridgehead atoms. The summed E-state index contributed by atoms with van der Waals surface area (Å²) < 4.78 is 10.2. The van der Waals surface area contributed by atoms with Gasteiger partial charge in [0, 0.05) is 12.1 Å². The Kier molecular flexibility index (Phi) is 6.11. The van der Waals surface area contributed by atoms with Crippen molar-refractivity contribution in [1.82, 2.24) is 9.99 Å². The van der Waals surface area contributed by atoms with Crippen molar-refractivity contribution in [2.24, 2.45) is 5.10 Å². The van der Waals surface area contributed by atoms with E-state index in [0.29, 0.717) is 29.8 Å². The first-order valence-electron chi connectivity index (χ1n) is 9.39. The van der Waals surface area contributed by atoms with Crippen LogP contribution in [0.15, 0.2) is 35.4 Å². The molecular weight excluding hydrogens is 374 g/mol. The fourth-order valence-electron chi connectivity index (χ4n) is 3.21. The van der Waals surface area contributed by atoms with Gasteiger partial charge in [0.05, 0.1) is 24.4 Å². The second-order valence-electron chi connectivity index (χ2n) is 6.60. The van der Waals surface area contributed by atoms with E-state index in [-0.39, 0.29) is 12.3 Å². The highest BCUT2D eigenvalue weighted by atomic mass is 16.5. The molecule has 2 aromatic rings. The molecule has 2 heterocycles. The van der Waals surface area contributed by atoms with Crippen molar-refractivity contribution in [3.05, 3.63) is 58.4 Å². The number of hydrogen-bond donors (Lipinski definition) is 1. The van der Waals surface area contributed by atoms with Crippen LogP contribution < -0.4 is 0 Å². The Bertz CT molecular complexity index is 962. The topological polar surface area (TPSA) is 101 Å². The molecule has 1 aromatic carbocycles. The van der Waals surface area contributed by atoms with Crippen LogP contribution in [0.3, 0.4) is 0 Å². The summed E-state index contributed by atoms with van der Waals surface area (Å²) in [6.07, 6.45) is 0.640. The molecule has 0 saturated heterocycles. The monoisotopic (exact) mass is 397 g/mol. The van der Waals surface area contributed by atoms with Gasteiger partial charge >= 0.3 is 11.9 Å². The van der Waals surface area contributed by atoms with Crippen molar-refractivity contribution in [3.63, 3.8) is 0 Å². The van der Waals surface area contributed by atoms with Crippen molar-refractivity contribution in [2.45, 2.75) is 27.2 Å². The molecule has 1 aliphatic rings. The maximum Gasteiger partial charge on any atom is 0.355 e. The van der Waals surface area contributed by atoms with E-state index in [1.54, 1.807) is 20.8 Å². The minimum atomic E-state index is -0.707. The number of aryl methyl sites for hydroxylation is 1. The molecule has 152 valence electrons. The second kappa shape index (κ2) is 8.72. The fraction of sp³-hybridized carbons (Fsp3) is 0.333. The zero-order valence-corrected chi connectivity index (χ0v) is 16.7. The largest absolute Gasteiger partial charge is 0.462 e. The van der Waals surface area contributed by atoms with Gasteiger partial charge in [-0.25, -0.2) is 14.6 Å². The van der Waals surface area contributed by atoms with Crippen molar-refractivity contribution in [1.29, 1.82) is 0 Å². The van der Waals surface area contributed by atoms with Crippen molar-refractivity contribution >= 4 is 23.6 Å². The number of esters is 2. The summed E-state index contributed by atoms with van der Waals surface area (Å²) in [5.74, 6) is -1.62. The lowest BCUT2D eigenvalue weighted by atomic mass is 10.1. The van der Waals surface area contributed by atoms with Crippen LogP contribution in [0.1, 0.15) is 51.0 Å². The predicted octanol–water partition coefficient (Wildman–Crippen LogP) is 2.60. The molecule has 0 fully saturated rings. The summed E-state index contributed by atoms with van der Waals surface area (Å²) in [5, 5.41) is 5.64. The number of aromatic nitrogens is 1.